The lowest BCUT2D eigenvalue weighted by molar-refractivity contribution is -0.906. The molecular formula is C18H29N4O2S+. The van der Waals surface area contributed by atoms with Crippen LogP contribution < -0.4 is 20.9 Å². The van der Waals surface area contributed by atoms with Crippen molar-refractivity contribution in [1.29, 1.82) is 0 Å². The van der Waals surface area contributed by atoms with Crippen LogP contribution in [0.4, 0.5) is 5.69 Å². The van der Waals surface area contributed by atoms with Gasteiger partial charge < -0.3 is 25.6 Å². The van der Waals surface area contributed by atoms with Gasteiger partial charge in [0.1, 0.15) is 13.1 Å². The van der Waals surface area contributed by atoms with Crippen molar-refractivity contribution in [2.24, 2.45) is 0 Å². The van der Waals surface area contributed by atoms with E-state index < -0.39 is 0 Å². The Hall–Kier alpha value is -1.70. The van der Waals surface area contributed by atoms with Gasteiger partial charge in [0.2, 0.25) is 5.91 Å². The van der Waals surface area contributed by atoms with Gasteiger partial charge in [-0.3, -0.25) is 4.79 Å². The second-order valence-electron chi connectivity index (χ2n) is 6.54. The van der Waals surface area contributed by atoms with Crippen LogP contribution in [0.3, 0.4) is 0 Å². The lowest BCUT2D eigenvalue weighted by Crippen LogP contribution is -3.14. The number of rotatable bonds is 6. The van der Waals surface area contributed by atoms with E-state index in [1.165, 1.54) is 10.5 Å². The molecule has 1 saturated heterocycles. The molecule has 0 radical (unpaired) electrons. The molecule has 7 heteroatoms. The predicted molar refractivity (Wildman–Crippen MR) is 104 cm³/mol. The predicted octanol–water partition coefficient (Wildman–Crippen LogP) is -0.0704. The molecule has 0 atom stereocenters. The molecule has 25 heavy (non-hydrogen) atoms. The van der Waals surface area contributed by atoms with Crippen LogP contribution in [0, 0.1) is 20.8 Å². The average molecular weight is 366 g/mol. The summed E-state index contributed by atoms with van der Waals surface area (Å²) in [5, 5.41) is 9.60. The zero-order valence-electron chi connectivity index (χ0n) is 15.3. The van der Waals surface area contributed by atoms with E-state index >= 15 is 0 Å². The first-order chi connectivity index (χ1) is 12.0. The molecule has 0 aliphatic carbocycles. The lowest BCUT2D eigenvalue weighted by Gasteiger charge is -2.24. The van der Waals surface area contributed by atoms with E-state index in [2.05, 4.69) is 35.0 Å². The largest absolute Gasteiger partial charge is 0.370 e. The quantitative estimate of drug-likeness (QED) is 0.532. The number of hydrogen-bond acceptors (Lipinski definition) is 3. The first kappa shape index (κ1) is 19.6. The Labute approximate surface area is 155 Å². The number of aryl methyl sites for hydroxylation is 3. The normalized spacial score (nSPS) is 14.8. The molecule has 0 aromatic heterocycles. The highest BCUT2D eigenvalue weighted by molar-refractivity contribution is 7.80. The van der Waals surface area contributed by atoms with Crippen molar-refractivity contribution in [2.45, 2.75) is 20.8 Å². The lowest BCUT2D eigenvalue weighted by atomic mass is 10.1. The Kier molecular flexibility index (Phi) is 7.61. The molecule has 1 heterocycles. The maximum absolute atomic E-state index is 12.1. The maximum Gasteiger partial charge on any atom is 0.243 e. The van der Waals surface area contributed by atoms with Gasteiger partial charge in [0.15, 0.2) is 5.11 Å². The minimum atomic E-state index is -0.0991. The maximum atomic E-state index is 12.1. The van der Waals surface area contributed by atoms with Gasteiger partial charge in [0.25, 0.3) is 0 Å². The van der Waals surface area contributed by atoms with Crippen LogP contribution in [0.2, 0.25) is 0 Å². The van der Waals surface area contributed by atoms with Crippen LogP contribution in [0.25, 0.3) is 0 Å². The highest BCUT2D eigenvalue weighted by atomic mass is 32.1. The number of quaternary nitrogens is 1. The summed E-state index contributed by atoms with van der Waals surface area (Å²) in [6.45, 7) is 11.7. The number of carbonyl (C=O) groups is 1. The van der Waals surface area contributed by atoms with Crippen LogP contribution >= 0.6 is 12.2 Å². The SMILES string of the molecule is Cc1cc(C)c(NC(=O)CNC(=S)NCC[NH+]2CCOCC2)c(C)c1. The van der Waals surface area contributed by atoms with E-state index in [0.717, 1.165) is 56.2 Å². The molecule has 6 nitrogen and oxygen atoms in total. The second-order valence-corrected chi connectivity index (χ2v) is 6.95. The molecule has 1 aromatic rings. The van der Waals surface area contributed by atoms with E-state index in [0.29, 0.717) is 5.11 Å². The Morgan fingerprint density at radius 3 is 2.44 bits per heavy atom. The van der Waals surface area contributed by atoms with Gasteiger partial charge in [-0.15, -0.1) is 0 Å². The average Bonchev–Trinajstić information content (AvgIpc) is 2.57. The fourth-order valence-corrected chi connectivity index (χ4v) is 3.22. The van der Waals surface area contributed by atoms with Crippen LogP contribution in [0.5, 0.6) is 0 Å². The number of hydrogen-bond donors (Lipinski definition) is 4. The van der Waals surface area contributed by atoms with Crippen LogP contribution in [0.1, 0.15) is 16.7 Å². The Morgan fingerprint density at radius 2 is 1.80 bits per heavy atom. The van der Waals surface area contributed by atoms with E-state index in [9.17, 15) is 4.79 Å². The number of ether oxygens (including phenoxy) is 1. The van der Waals surface area contributed by atoms with Crippen molar-refractivity contribution >= 4 is 28.9 Å². The smallest absolute Gasteiger partial charge is 0.243 e. The van der Waals surface area contributed by atoms with Crippen molar-refractivity contribution in [2.75, 3.05) is 51.3 Å². The van der Waals surface area contributed by atoms with Gasteiger partial charge in [0, 0.05) is 5.69 Å². The summed E-state index contributed by atoms with van der Waals surface area (Å²) in [5.41, 5.74) is 4.21. The zero-order valence-corrected chi connectivity index (χ0v) is 16.1. The van der Waals surface area contributed by atoms with Gasteiger partial charge in [-0.1, -0.05) is 17.7 Å². The molecule has 0 unspecified atom stereocenters. The first-order valence-electron chi connectivity index (χ1n) is 8.76. The number of carbonyl (C=O) groups excluding carboxylic acids is 1. The third kappa shape index (κ3) is 6.61. The van der Waals surface area contributed by atoms with Crippen LogP contribution in [0.15, 0.2) is 12.1 Å². The summed E-state index contributed by atoms with van der Waals surface area (Å²) in [6, 6.07) is 4.13. The van der Waals surface area contributed by atoms with Gasteiger partial charge in [-0.2, -0.15) is 0 Å². The van der Waals surface area contributed by atoms with E-state index in [1.807, 2.05) is 13.8 Å². The fraction of sp³-hybridized carbons (Fsp3) is 0.556. The Bertz CT molecular complexity index is 592. The van der Waals surface area contributed by atoms with E-state index in [4.69, 9.17) is 17.0 Å². The zero-order chi connectivity index (χ0) is 18.2. The van der Waals surface area contributed by atoms with Gasteiger partial charge >= 0.3 is 0 Å². The molecule has 0 saturated carbocycles. The van der Waals surface area contributed by atoms with Crippen LogP contribution in [-0.4, -0.2) is 57.0 Å². The summed E-state index contributed by atoms with van der Waals surface area (Å²) in [5.74, 6) is -0.0991. The Balaban J connectivity index is 1.68. The molecule has 4 N–H and O–H groups in total. The third-order valence-electron chi connectivity index (χ3n) is 4.31. The fourth-order valence-electron chi connectivity index (χ4n) is 3.05. The minimum absolute atomic E-state index is 0.0991. The van der Waals surface area contributed by atoms with E-state index in [-0.39, 0.29) is 12.5 Å². The summed E-state index contributed by atoms with van der Waals surface area (Å²) in [4.78, 5) is 13.7. The van der Waals surface area contributed by atoms with Crippen LogP contribution in [-0.2, 0) is 9.53 Å². The molecule has 0 spiro atoms. The molecule has 0 bridgehead atoms. The molecule has 1 aliphatic rings. The molecule has 1 aromatic carbocycles. The van der Waals surface area contributed by atoms with Crippen molar-refractivity contribution in [3.63, 3.8) is 0 Å². The molecule has 138 valence electrons. The first-order valence-corrected chi connectivity index (χ1v) is 9.17. The molecule has 1 aliphatic heterocycles. The van der Waals surface area contributed by atoms with Crippen molar-refractivity contribution in [1.82, 2.24) is 10.6 Å². The summed E-state index contributed by atoms with van der Waals surface area (Å²) < 4.78 is 5.34. The van der Waals surface area contributed by atoms with Gasteiger partial charge in [0.05, 0.1) is 32.8 Å². The summed E-state index contributed by atoms with van der Waals surface area (Å²) >= 11 is 5.24. The summed E-state index contributed by atoms with van der Waals surface area (Å²) in [7, 11) is 0. The Morgan fingerprint density at radius 1 is 1.16 bits per heavy atom. The standard InChI is InChI=1S/C18H28N4O2S/c1-13-10-14(2)17(15(3)11-13)21-16(23)12-20-18(25)19-4-5-22-6-8-24-9-7-22/h10-11H,4-9,12H2,1-3H3,(H,21,23)(H2,19,20,25)/p+1. The minimum Gasteiger partial charge on any atom is -0.370 e. The number of morpholine rings is 1. The van der Waals surface area contributed by atoms with Crippen molar-refractivity contribution in [3.05, 3.63) is 28.8 Å². The molecule has 1 fully saturated rings. The van der Waals surface area contributed by atoms with Crippen molar-refractivity contribution in [3.8, 4) is 0 Å². The van der Waals surface area contributed by atoms with Gasteiger partial charge in [-0.25, -0.2) is 0 Å². The number of amides is 1. The van der Waals surface area contributed by atoms with Crippen molar-refractivity contribution < 1.29 is 14.4 Å². The number of anilines is 1. The number of thiocarbonyl (C=S) groups is 1. The van der Waals surface area contributed by atoms with Gasteiger partial charge in [-0.05, 0) is 44.1 Å². The summed E-state index contributed by atoms with van der Waals surface area (Å²) in [6.07, 6.45) is 0. The number of benzene rings is 1. The monoisotopic (exact) mass is 365 g/mol. The topological polar surface area (TPSA) is 66.8 Å². The second kappa shape index (κ2) is 9.70. The molecule has 1 amide bonds. The third-order valence-corrected chi connectivity index (χ3v) is 4.60. The highest BCUT2D eigenvalue weighted by Gasteiger charge is 2.13. The molecular weight excluding hydrogens is 336 g/mol. The number of nitrogens with one attached hydrogen (secondary N) is 4. The molecule has 2 rings (SSSR count). The highest BCUT2D eigenvalue weighted by Crippen LogP contribution is 2.21. The van der Waals surface area contributed by atoms with E-state index in [1.54, 1.807) is 0 Å².